The number of nitrogens with one attached hydrogen (secondary N) is 3. The lowest BCUT2D eigenvalue weighted by molar-refractivity contribution is -0.151. The molecule has 9 nitrogen and oxygen atoms in total. The van der Waals surface area contributed by atoms with Crippen LogP contribution in [0.1, 0.15) is 40.0 Å². The summed E-state index contributed by atoms with van der Waals surface area (Å²) in [7, 11) is 3.02. The second-order valence-corrected chi connectivity index (χ2v) is 10.6. The summed E-state index contributed by atoms with van der Waals surface area (Å²) in [5.41, 5.74) is 0. The van der Waals surface area contributed by atoms with Crippen molar-refractivity contribution in [2.45, 2.75) is 70.4 Å². The van der Waals surface area contributed by atoms with Crippen molar-refractivity contribution in [3.63, 3.8) is 0 Å². The summed E-state index contributed by atoms with van der Waals surface area (Å²) in [6.07, 6.45) is 1.72. The van der Waals surface area contributed by atoms with Gasteiger partial charge in [-0.05, 0) is 25.3 Å². The highest BCUT2D eigenvalue weighted by Crippen LogP contribution is 2.24. The van der Waals surface area contributed by atoms with Crippen LogP contribution in [0.3, 0.4) is 0 Å². The normalized spacial score (nSPS) is 32.1. The summed E-state index contributed by atoms with van der Waals surface area (Å²) in [6.45, 7) is 5.17. The minimum atomic E-state index is -1.18. The van der Waals surface area contributed by atoms with Crippen molar-refractivity contribution < 1.29 is 29.0 Å². The number of carbonyl (C=O) groups is 4. The van der Waals surface area contributed by atoms with E-state index in [0.29, 0.717) is 12.2 Å². The summed E-state index contributed by atoms with van der Waals surface area (Å²) >= 11 is 0. The molecule has 2 bridgehead atoms. The number of aliphatic hydroxyl groups is 1. The Hall–Kier alpha value is -1.72. The van der Waals surface area contributed by atoms with Crippen molar-refractivity contribution in [2.24, 2.45) is 5.92 Å². The van der Waals surface area contributed by atoms with Crippen LogP contribution in [-0.4, -0.2) is 70.6 Å². The number of carbonyl (C=O) groups excluding carboxylic acids is 4. The highest BCUT2D eigenvalue weighted by molar-refractivity contribution is 8.76. The van der Waals surface area contributed by atoms with Gasteiger partial charge in [0.25, 0.3) is 0 Å². The molecule has 0 aliphatic carbocycles. The van der Waals surface area contributed by atoms with E-state index in [1.165, 1.54) is 17.7 Å². The molecule has 3 unspecified atom stereocenters. The molecule has 0 radical (unpaired) electrons. The van der Waals surface area contributed by atoms with Gasteiger partial charge in [-0.15, -0.1) is 0 Å². The van der Waals surface area contributed by atoms with E-state index in [1.54, 1.807) is 16.9 Å². The Morgan fingerprint density at radius 1 is 1.06 bits per heavy atom. The van der Waals surface area contributed by atoms with E-state index in [0.717, 1.165) is 5.75 Å². The molecule has 5 atom stereocenters. The zero-order chi connectivity index (χ0) is 23.0. The third-order valence-electron chi connectivity index (χ3n) is 4.93. The van der Waals surface area contributed by atoms with Crippen LogP contribution < -0.4 is 16.0 Å². The van der Waals surface area contributed by atoms with E-state index in [-0.39, 0.29) is 18.8 Å². The van der Waals surface area contributed by atoms with E-state index in [1.807, 2.05) is 19.9 Å². The first-order valence-electron chi connectivity index (χ1n) is 10.4. The maximum atomic E-state index is 13.0. The van der Waals surface area contributed by atoms with Crippen molar-refractivity contribution in [1.82, 2.24) is 16.0 Å². The van der Waals surface area contributed by atoms with Gasteiger partial charge in [0.2, 0.25) is 17.7 Å². The van der Waals surface area contributed by atoms with Crippen molar-refractivity contribution in [3.8, 4) is 0 Å². The highest BCUT2D eigenvalue weighted by atomic mass is 33.1. The Balaban J connectivity index is 2.41. The summed E-state index contributed by atoms with van der Waals surface area (Å²) in [6, 6.07) is -2.44. The lowest BCUT2D eigenvalue weighted by atomic mass is 9.96. The summed E-state index contributed by atoms with van der Waals surface area (Å²) in [4.78, 5) is 50.4. The lowest BCUT2D eigenvalue weighted by Crippen LogP contribution is -2.57. The van der Waals surface area contributed by atoms with Crippen LogP contribution in [0.4, 0.5) is 0 Å². The second-order valence-electron chi connectivity index (χ2n) is 7.96. The maximum absolute atomic E-state index is 13.0. The van der Waals surface area contributed by atoms with Crippen LogP contribution in [0.5, 0.6) is 0 Å². The molecule has 3 amide bonds. The summed E-state index contributed by atoms with van der Waals surface area (Å²) < 4.78 is 5.43. The van der Waals surface area contributed by atoms with E-state index in [9.17, 15) is 24.3 Å². The fraction of sp³-hybridized carbons (Fsp3) is 0.700. The fourth-order valence-corrected chi connectivity index (χ4v) is 5.36. The van der Waals surface area contributed by atoms with Gasteiger partial charge in [-0.1, -0.05) is 41.5 Å². The van der Waals surface area contributed by atoms with Gasteiger partial charge < -0.3 is 25.8 Å². The van der Waals surface area contributed by atoms with Crippen LogP contribution in [0, 0.1) is 5.92 Å². The van der Waals surface area contributed by atoms with Crippen molar-refractivity contribution in [1.29, 1.82) is 0 Å². The number of amides is 3. The first-order valence-corrected chi connectivity index (χ1v) is 12.8. The minimum Gasteiger partial charge on any atom is -0.457 e. The first-order chi connectivity index (χ1) is 14.7. The van der Waals surface area contributed by atoms with Crippen LogP contribution >= 0.6 is 21.6 Å². The molecule has 4 N–H and O–H groups in total. The average Bonchev–Trinajstić information content (AvgIpc) is 2.68. The number of hydrogen-bond acceptors (Lipinski definition) is 8. The Bertz CT molecular complexity index is 702. The third kappa shape index (κ3) is 8.38. The number of hydrogen-bond donors (Lipinski definition) is 4. The van der Waals surface area contributed by atoms with E-state index < -0.39 is 54.0 Å². The Labute approximate surface area is 190 Å². The molecule has 11 heteroatoms. The molecule has 0 aromatic carbocycles. The zero-order valence-electron chi connectivity index (χ0n) is 18.0. The first kappa shape index (κ1) is 25.5. The number of fused-ring (bicyclic) bond motifs is 7. The van der Waals surface area contributed by atoms with E-state index in [2.05, 4.69) is 16.0 Å². The molecule has 174 valence electrons. The van der Waals surface area contributed by atoms with Gasteiger partial charge in [0.15, 0.2) is 0 Å². The van der Waals surface area contributed by atoms with Gasteiger partial charge >= 0.3 is 5.97 Å². The van der Waals surface area contributed by atoms with Crippen LogP contribution in [-0.2, 0) is 23.9 Å². The number of esters is 1. The molecule has 0 spiro atoms. The molecule has 0 aromatic rings. The lowest BCUT2D eigenvalue weighted by Gasteiger charge is -2.29. The van der Waals surface area contributed by atoms with Crippen molar-refractivity contribution in [2.75, 3.05) is 11.5 Å². The summed E-state index contributed by atoms with van der Waals surface area (Å²) in [5.74, 6) is -1.17. The molecular weight excluding hydrogens is 442 g/mol. The smallest absolute Gasteiger partial charge is 0.309 e. The third-order valence-corrected chi connectivity index (χ3v) is 7.37. The number of ether oxygens (including phenoxy) is 1. The van der Waals surface area contributed by atoms with Gasteiger partial charge in [0, 0.05) is 11.5 Å². The van der Waals surface area contributed by atoms with Gasteiger partial charge in [-0.25, -0.2) is 0 Å². The van der Waals surface area contributed by atoms with Gasteiger partial charge in [0.1, 0.15) is 18.2 Å². The molecule has 0 saturated carbocycles. The molecule has 1 fully saturated rings. The SMILES string of the molecule is CC(C)C1NC(=O)[C@H]2CSSCCC=CC(CC(=O)N[C@H](C)C(=O)N2)OC(=O)CC1O. The molecule has 2 heterocycles. The van der Waals surface area contributed by atoms with E-state index >= 15 is 0 Å². The minimum absolute atomic E-state index is 0.147. The Morgan fingerprint density at radius 3 is 2.52 bits per heavy atom. The molecule has 0 aromatic heterocycles. The largest absolute Gasteiger partial charge is 0.457 e. The molecule has 31 heavy (non-hydrogen) atoms. The Kier molecular flexibility index (Phi) is 10.2. The standard InChI is InChI=1S/C20H31N3O6S2/c1-11(2)18-15(24)9-17(26)29-13-6-4-5-7-30-31-10-14(20(28)23-18)22-19(27)12(3)21-16(25)8-13/h4,6,11-15,18,24H,5,7-10H2,1-3H3,(H,21,25)(H,22,27)(H,23,28)/t12-,13?,14-,15?,18?/m1/s1. The van der Waals surface area contributed by atoms with Crippen LogP contribution in [0.2, 0.25) is 0 Å². The molecule has 2 aliphatic rings. The predicted molar refractivity (Wildman–Crippen MR) is 120 cm³/mol. The monoisotopic (exact) mass is 473 g/mol. The fourth-order valence-electron chi connectivity index (χ4n) is 3.20. The topological polar surface area (TPSA) is 134 Å². The number of aliphatic hydroxyl groups excluding tert-OH is 1. The molecular formula is C20H31N3O6S2. The van der Waals surface area contributed by atoms with Gasteiger partial charge in [-0.2, -0.15) is 0 Å². The van der Waals surface area contributed by atoms with Gasteiger partial charge in [-0.3, -0.25) is 19.2 Å². The number of rotatable bonds is 1. The highest BCUT2D eigenvalue weighted by Gasteiger charge is 2.32. The summed E-state index contributed by atoms with van der Waals surface area (Å²) in [5, 5.41) is 18.7. The number of allylic oxidation sites excluding steroid dienone is 1. The predicted octanol–water partition coefficient (Wildman–Crippen LogP) is 0.525. The van der Waals surface area contributed by atoms with Gasteiger partial charge in [0.05, 0.1) is 25.0 Å². The van der Waals surface area contributed by atoms with Crippen LogP contribution in [0.25, 0.3) is 0 Å². The molecule has 2 rings (SSSR count). The Morgan fingerprint density at radius 2 is 1.81 bits per heavy atom. The second kappa shape index (κ2) is 12.4. The zero-order valence-corrected chi connectivity index (χ0v) is 19.6. The van der Waals surface area contributed by atoms with Crippen LogP contribution in [0.15, 0.2) is 12.2 Å². The molecule has 1 saturated heterocycles. The van der Waals surface area contributed by atoms with E-state index in [4.69, 9.17) is 4.74 Å². The quantitative estimate of drug-likeness (QED) is 0.246. The molecule has 2 aliphatic heterocycles. The van der Waals surface area contributed by atoms with Crippen molar-refractivity contribution >= 4 is 45.3 Å². The maximum Gasteiger partial charge on any atom is 0.309 e. The average molecular weight is 474 g/mol. The van der Waals surface area contributed by atoms with Crippen molar-refractivity contribution in [3.05, 3.63) is 12.2 Å².